The van der Waals surface area contributed by atoms with Crippen molar-refractivity contribution in [2.75, 3.05) is 31.6 Å². The van der Waals surface area contributed by atoms with Crippen molar-refractivity contribution in [2.24, 2.45) is 0 Å². The summed E-state index contributed by atoms with van der Waals surface area (Å²) in [6.45, 7) is 2.19. The van der Waals surface area contributed by atoms with Crippen LogP contribution < -0.4 is 5.32 Å². The van der Waals surface area contributed by atoms with E-state index in [2.05, 4.69) is 15.5 Å². The Morgan fingerprint density at radius 1 is 1.44 bits per heavy atom. The second kappa shape index (κ2) is 4.99. The van der Waals surface area contributed by atoms with Gasteiger partial charge in [-0.2, -0.15) is 0 Å². The third-order valence-electron chi connectivity index (χ3n) is 2.06. The van der Waals surface area contributed by atoms with Crippen LogP contribution in [0.1, 0.15) is 9.80 Å². The van der Waals surface area contributed by atoms with E-state index in [-0.39, 0.29) is 16.0 Å². The quantitative estimate of drug-likeness (QED) is 0.720. The molecule has 0 atom stereocenters. The molecular formula is C8H9N4O3S. The Bertz CT molecular complexity index is 388. The molecule has 2 rings (SSSR count). The largest absolute Gasteiger partial charge is 0.378 e. The van der Waals surface area contributed by atoms with Gasteiger partial charge in [0.25, 0.3) is 5.91 Å². The minimum atomic E-state index is -0.181. The number of morpholine rings is 1. The van der Waals surface area contributed by atoms with Crippen LogP contribution in [0.15, 0.2) is 0 Å². The standard InChI is InChI=1S/C8H9N4O3S/c13-5-9-8-11-10-6(16-8)7(14)12-1-3-15-4-2-12/h1-4H2,(H,9,11,13). The lowest BCUT2D eigenvalue weighted by Gasteiger charge is -2.25. The first-order chi connectivity index (χ1) is 7.81. The number of carbonyl (C=O) groups excluding carboxylic acids is 2. The molecule has 0 bridgehead atoms. The number of aromatic nitrogens is 2. The SMILES string of the molecule is O=[C]Nc1nnc(C(=O)N2CCOCC2)s1. The highest BCUT2D eigenvalue weighted by Gasteiger charge is 2.22. The smallest absolute Gasteiger partial charge is 0.315 e. The summed E-state index contributed by atoms with van der Waals surface area (Å²) in [5.74, 6) is -0.181. The van der Waals surface area contributed by atoms with Crippen LogP contribution >= 0.6 is 11.3 Å². The van der Waals surface area contributed by atoms with Crippen LogP contribution in [0.3, 0.4) is 0 Å². The van der Waals surface area contributed by atoms with E-state index in [0.717, 1.165) is 11.3 Å². The highest BCUT2D eigenvalue weighted by atomic mass is 32.1. The van der Waals surface area contributed by atoms with Crippen LogP contribution in [0, 0.1) is 0 Å². The molecule has 1 N–H and O–H groups in total. The number of anilines is 1. The van der Waals surface area contributed by atoms with E-state index in [4.69, 9.17) is 4.74 Å². The zero-order valence-electron chi connectivity index (χ0n) is 8.30. The molecule has 1 aromatic heterocycles. The van der Waals surface area contributed by atoms with E-state index in [1.807, 2.05) is 0 Å². The molecule has 1 radical (unpaired) electrons. The molecule has 1 aliphatic heterocycles. The molecule has 85 valence electrons. The van der Waals surface area contributed by atoms with Gasteiger partial charge in [0.15, 0.2) is 0 Å². The van der Waals surface area contributed by atoms with E-state index in [0.29, 0.717) is 26.3 Å². The topological polar surface area (TPSA) is 84.4 Å². The Balaban J connectivity index is 2.04. The number of rotatable bonds is 3. The number of hydrogen-bond donors (Lipinski definition) is 1. The number of carbonyl (C=O) groups is 1. The normalized spacial score (nSPS) is 15.9. The van der Waals surface area contributed by atoms with E-state index < -0.39 is 0 Å². The molecule has 0 aromatic carbocycles. The maximum absolute atomic E-state index is 11.9. The monoisotopic (exact) mass is 241 g/mol. The lowest BCUT2D eigenvalue weighted by Crippen LogP contribution is -2.40. The zero-order chi connectivity index (χ0) is 11.4. The van der Waals surface area contributed by atoms with Crippen LogP contribution in [0.2, 0.25) is 0 Å². The van der Waals surface area contributed by atoms with Gasteiger partial charge in [-0.3, -0.25) is 14.9 Å². The van der Waals surface area contributed by atoms with Crippen molar-refractivity contribution in [1.82, 2.24) is 15.1 Å². The van der Waals surface area contributed by atoms with Gasteiger partial charge in [-0.05, 0) is 0 Å². The van der Waals surface area contributed by atoms with E-state index >= 15 is 0 Å². The molecule has 2 amide bonds. The molecule has 0 saturated carbocycles. The third kappa shape index (κ3) is 2.34. The molecule has 7 nitrogen and oxygen atoms in total. The first kappa shape index (κ1) is 11.0. The van der Waals surface area contributed by atoms with Crippen molar-refractivity contribution in [2.45, 2.75) is 0 Å². The summed E-state index contributed by atoms with van der Waals surface area (Å²) in [7, 11) is 0. The minimum absolute atomic E-state index is 0.181. The summed E-state index contributed by atoms with van der Waals surface area (Å²) in [6, 6.07) is 0. The maximum Gasteiger partial charge on any atom is 0.315 e. The van der Waals surface area contributed by atoms with Crippen molar-refractivity contribution < 1.29 is 14.3 Å². The molecule has 8 heteroatoms. The van der Waals surface area contributed by atoms with Gasteiger partial charge in [-0.25, -0.2) is 0 Å². The summed E-state index contributed by atoms with van der Waals surface area (Å²) < 4.78 is 5.14. The highest BCUT2D eigenvalue weighted by Crippen LogP contribution is 2.16. The molecule has 1 saturated heterocycles. The van der Waals surface area contributed by atoms with Crippen LogP contribution in [-0.4, -0.2) is 53.7 Å². The van der Waals surface area contributed by atoms with Crippen LogP contribution in [0.25, 0.3) is 0 Å². The first-order valence-corrected chi connectivity index (χ1v) is 5.46. The molecule has 1 fully saturated rings. The Morgan fingerprint density at radius 2 is 2.19 bits per heavy atom. The number of amides is 2. The fraction of sp³-hybridized carbons (Fsp3) is 0.500. The summed E-state index contributed by atoms with van der Waals surface area (Å²) >= 11 is 1.03. The number of nitrogens with one attached hydrogen (secondary N) is 1. The minimum Gasteiger partial charge on any atom is -0.378 e. The van der Waals surface area contributed by atoms with Crippen molar-refractivity contribution in [3.8, 4) is 0 Å². The summed E-state index contributed by atoms with van der Waals surface area (Å²) in [5.41, 5.74) is 0. The highest BCUT2D eigenvalue weighted by molar-refractivity contribution is 7.17. The molecule has 2 heterocycles. The van der Waals surface area contributed by atoms with Crippen molar-refractivity contribution in [1.29, 1.82) is 0 Å². The lowest BCUT2D eigenvalue weighted by molar-refractivity contribution is 0.0302. The summed E-state index contributed by atoms with van der Waals surface area (Å²) in [5, 5.41) is 10.1. The van der Waals surface area contributed by atoms with Gasteiger partial charge < -0.3 is 9.64 Å². The Morgan fingerprint density at radius 3 is 2.88 bits per heavy atom. The lowest BCUT2D eigenvalue weighted by atomic mass is 10.4. The molecular weight excluding hydrogens is 232 g/mol. The van der Waals surface area contributed by atoms with Crippen molar-refractivity contribution in [3.05, 3.63) is 5.01 Å². The predicted molar refractivity (Wildman–Crippen MR) is 55.9 cm³/mol. The Hall–Kier alpha value is -1.54. The van der Waals surface area contributed by atoms with Crippen molar-refractivity contribution >= 4 is 28.8 Å². The Labute approximate surface area is 95.4 Å². The fourth-order valence-electron chi connectivity index (χ4n) is 1.31. The molecule has 0 spiro atoms. The molecule has 0 unspecified atom stereocenters. The third-order valence-corrected chi connectivity index (χ3v) is 2.89. The van der Waals surface area contributed by atoms with Gasteiger partial charge in [0.05, 0.1) is 13.2 Å². The van der Waals surface area contributed by atoms with E-state index in [1.54, 1.807) is 4.90 Å². The van der Waals surface area contributed by atoms with E-state index in [1.165, 1.54) is 6.41 Å². The van der Waals surface area contributed by atoms with Gasteiger partial charge >= 0.3 is 6.41 Å². The predicted octanol–water partition coefficient (Wildman–Crippen LogP) is -0.510. The van der Waals surface area contributed by atoms with Crippen LogP contribution in [0.4, 0.5) is 5.13 Å². The summed E-state index contributed by atoms with van der Waals surface area (Å²) in [4.78, 5) is 23.6. The van der Waals surface area contributed by atoms with E-state index in [9.17, 15) is 9.59 Å². The number of hydrogen-bond acceptors (Lipinski definition) is 6. The van der Waals surface area contributed by atoms with Gasteiger partial charge in [0.1, 0.15) is 0 Å². The van der Waals surface area contributed by atoms with Gasteiger partial charge in [0, 0.05) is 13.1 Å². The molecule has 1 aromatic rings. The van der Waals surface area contributed by atoms with Crippen molar-refractivity contribution in [3.63, 3.8) is 0 Å². The molecule has 16 heavy (non-hydrogen) atoms. The number of ether oxygens (including phenoxy) is 1. The fourth-order valence-corrected chi connectivity index (χ4v) is 1.96. The van der Waals surface area contributed by atoms with Gasteiger partial charge in [0.2, 0.25) is 10.1 Å². The molecule has 0 aliphatic carbocycles. The van der Waals surface area contributed by atoms with Gasteiger partial charge in [-0.15, -0.1) is 10.2 Å². The second-order valence-corrected chi connectivity index (χ2v) is 4.02. The molecule has 1 aliphatic rings. The number of nitrogens with zero attached hydrogens (tertiary/aromatic N) is 3. The van der Waals surface area contributed by atoms with Gasteiger partial charge in [-0.1, -0.05) is 11.3 Å². The second-order valence-electron chi connectivity index (χ2n) is 3.04. The Kier molecular flexibility index (Phi) is 3.42. The maximum atomic E-state index is 11.9. The first-order valence-electron chi connectivity index (χ1n) is 4.65. The average molecular weight is 241 g/mol. The van der Waals surface area contributed by atoms with Crippen LogP contribution in [0.5, 0.6) is 0 Å². The van der Waals surface area contributed by atoms with Crippen LogP contribution in [-0.2, 0) is 9.53 Å². The zero-order valence-corrected chi connectivity index (χ0v) is 9.12. The summed E-state index contributed by atoms with van der Waals surface area (Å²) in [6.07, 6.45) is 1.48. The average Bonchev–Trinajstić information content (AvgIpc) is 2.78.